The zero-order chi connectivity index (χ0) is 13.1. The number of benzene rings is 1. The average Bonchev–Trinajstić information content (AvgIpc) is 2.70. The molecule has 0 aliphatic rings. The summed E-state index contributed by atoms with van der Waals surface area (Å²) >= 11 is 3.20. The van der Waals surface area contributed by atoms with Gasteiger partial charge in [-0.1, -0.05) is 15.9 Å². The minimum atomic E-state index is -2.45. The average molecular weight is 322 g/mol. The fourth-order valence-electron chi connectivity index (χ4n) is 1.67. The Hall–Kier alpha value is -1.24. The monoisotopic (exact) mass is 321 g/mol. The second kappa shape index (κ2) is 5.60. The first-order valence-corrected chi connectivity index (χ1v) is 6.46. The van der Waals surface area contributed by atoms with Crippen molar-refractivity contribution in [2.24, 2.45) is 0 Å². The molecular weight excluding hydrogens is 311 g/mol. The highest BCUT2D eigenvalue weighted by molar-refractivity contribution is 9.09. The van der Waals surface area contributed by atoms with Gasteiger partial charge in [0.05, 0.1) is 17.6 Å². The lowest BCUT2D eigenvalue weighted by Crippen LogP contribution is -2.31. The molecule has 0 amide bonds. The van der Waals surface area contributed by atoms with E-state index in [1.54, 1.807) is 0 Å². The van der Waals surface area contributed by atoms with Gasteiger partial charge in [0.15, 0.2) is 0 Å². The first kappa shape index (κ1) is 13.2. The molecule has 2 rings (SSSR count). The lowest BCUT2D eigenvalue weighted by atomic mass is 10.3. The Kier molecular flexibility index (Phi) is 4.11. The highest BCUT2D eigenvalue weighted by atomic mass is 79.9. The molecule has 1 N–H and O–H groups in total. The van der Waals surface area contributed by atoms with Gasteiger partial charge in [-0.15, -0.1) is 0 Å². The Morgan fingerprint density at radius 2 is 2.17 bits per heavy atom. The van der Waals surface area contributed by atoms with Crippen LogP contribution in [0, 0.1) is 5.82 Å². The van der Waals surface area contributed by atoms with Crippen molar-refractivity contribution in [3.63, 3.8) is 0 Å². The van der Waals surface area contributed by atoms with Gasteiger partial charge < -0.3 is 9.88 Å². The van der Waals surface area contributed by atoms with Crippen molar-refractivity contribution in [1.29, 1.82) is 0 Å². The van der Waals surface area contributed by atoms with Crippen LogP contribution in [0.25, 0.3) is 11.0 Å². The van der Waals surface area contributed by atoms with Crippen LogP contribution >= 0.6 is 15.9 Å². The third kappa shape index (κ3) is 2.95. The van der Waals surface area contributed by atoms with Gasteiger partial charge in [0.25, 0.3) is 6.43 Å². The molecule has 98 valence electrons. The van der Waals surface area contributed by atoms with Gasteiger partial charge >= 0.3 is 0 Å². The number of aromatic amines is 1. The topological polar surface area (TPSA) is 31.9 Å². The second-order valence-corrected chi connectivity index (χ2v) is 4.54. The first-order chi connectivity index (χ1) is 8.60. The van der Waals surface area contributed by atoms with Gasteiger partial charge in [0.2, 0.25) is 5.95 Å². The Balaban J connectivity index is 2.31. The van der Waals surface area contributed by atoms with Crippen LogP contribution in [0.1, 0.15) is 0 Å². The fraction of sp³-hybridized carbons (Fsp3) is 0.364. The number of fused-ring (bicyclic) bond motifs is 1. The van der Waals surface area contributed by atoms with E-state index in [0.717, 1.165) is 0 Å². The van der Waals surface area contributed by atoms with Crippen LogP contribution in [-0.4, -0.2) is 34.8 Å². The number of H-pyrrole nitrogens is 1. The maximum atomic E-state index is 13.0. The largest absolute Gasteiger partial charge is 0.336 e. The molecule has 0 bridgehead atoms. The van der Waals surface area contributed by atoms with E-state index >= 15 is 0 Å². The minimum Gasteiger partial charge on any atom is -0.336 e. The predicted octanol–water partition coefficient (Wildman–Crippen LogP) is 3.17. The van der Waals surface area contributed by atoms with Crippen molar-refractivity contribution in [1.82, 2.24) is 9.97 Å². The summed E-state index contributed by atoms with van der Waals surface area (Å²) in [5.41, 5.74) is 1.05. The zero-order valence-electron chi connectivity index (χ0n) is 9.34. The summed E-state index contributed by atoms with van der Waals surface area (Å²) in [5, 5.41) is 0.547. The number of nitrogens with zero attached hydrogens (tertiary/aromatic N) is 2. The quantitative estimate of drug-likeness (QED) is 0.858. The lowest BCUT2D eigenvalue weighted by molar-refractivity contribution is 0.155. The van der Waals surface area contributed by atoms with Crippen LogP contribution in [0.2, 0.25) is 0 Å². The Labute approximate surface area is 110 Å². The number of halogens is 4. The van der Waals surface area contributed by atoms with E-state index in [1.807, 2.05) is 0 Å². The summed E-state index contributed by atoms with van der Waals surface area (Å²) in [6.45, 7) is -0.0133. The van der Waals surface area contributed by atoms with E-state index in [2.05, 4.69) is 25.9 Å². The van der Waals surface area contributed by atoms with Crippen molar-refractivity contribution >= 4 is 32.9 Å². The Morgan fingerprint density at radius 3 is 2.83 bits per heavy atom. The third-order valence-corrected chi connectivity index (χ3v) is 2.80. The van der Waals surface area contributed by atoms with E-state index in [9.17, 15) is 13.2 Å². The van der Waals surface area contributed by atoms with E-state index in [-0.39, 0.29) is 0 Å². The summed E-state index contributed by atoms with van der Waals surface area (Å²) in [6, 6.07) is 4.09. The summed E-state index contributed by atoms with van der Waals surface area (Å²) in [7, 11) is 0. The number of rotatable bonds is 5. The molecule has 1 aromatic heterocycles. The normalized spacial score (nSPS) is 11.4. The molecule has 0 radical (unpaired) electrons. The van der Waals surface area contributed by atoms with E-state index in [0.29, 0.717) is 28.9 Å². The van der Waals surface area contributed by atoms with E-state index in [1.165, 1.54) is 23.1 Å². The fourth-order valence-corrected chi connectivity index (χ4v) is 2.10. The molecule has 0 saturated heterocycles. The van der Waals surface area contributed by atoms with E-state index < -0.39 is 18.8 Å². The standard InChI is InChI=1S/C11H11BrF3N3/c12-3-4-18(6-10(14)15)11-16-8-2-1-7(13)5-9(8)17-11/h1-2,5,10H,3-4,6H2,(H,16,17). The number of anilines is 1. The summed E-state index contributed by atoms with van der Waals surface area (Å²) in [6.07, 6.45) is -2.45. The maximum Gasteiger partial charge on any atom is 0.255 e. The summed E-state index contributed by atoms with van der Waals surface area (Å²) in [5.74, 6) is -0.0612. The molecule has 0 spiro atoms. The molecule has 0 unspecified atom stereocenters. The molecule has 1 heterocycles. The van der Waals surface area contributed by atoms with Gasteiger partial charge in [0, 0.05) is 11.9 Å². The minimum absolute atomic E-state index is 0.329. The maximum absolute atomic E-state index is 13.0. The third-order valence-electron chi connectivity index (χ3n) is 2.44. The van der Waals surface area contributed by atoms with Gasteiger partial charge in [-0.25, -0.2) is 18.2 Å². The van der Waals surface area contributed by atoms with Crippen molar-refractivity contribution in [3.05, 3.63) is 24.0 Å². The van der Waals surface area contributed by atoms with E-state index in [4.69, 9.17) is 0 Å². The van der Waals surface area contributed by atoms with Crippen LogP contribution < -0.4 is 4.90 Å². The van der Waals surface area contributed by atoms with Crippen LogP contribution in [0.3, 0.4) is 0 Å². The molecule has 18 heavy (non-hydrogen) atoms. The molecule has 0 atom stereocenters. The SMILES string of the molecule is Fc1ccc2nc(N(CCBr)CC(F)F)[nH]c2c1. The molecule has 0 aliphatic carbocycles. The lowest BCUT2D eigenvalue weighted by Gasteiger charge is -2.19. The van der Waals surface area contributed by atoms with Crippen molar-refractivity contribution in [2.45, 2.75) is 6.43 Å². The van der Waals surface area contributed by atoms with Crippen molar-refractivity contribution < 1.29 is 13.2 Å². The number of alkyl halides is 3. The molecule has 7 heteroatoms. The predicted molar refractivity (Wildman–Crippen MR) is 68.1 cm³/mol. The molecule has 0 aliphatic heterocycles. The molecule has 0 saturated carbocycles. The number of nitrogens with one attached hydrogen (secondary N) is 1. The molecule has 0 fully saturated rings. The van der Waals surface area contributed by atoms with Crippen molar-refractivity contribution in [2.75, 3.05) is 23.3 Å². The van der Waals surface area contributed by atoms with Crippen LogP contribution in [0.5, 0.6) is 0 Å². The van der Waals surface area contributed by atoms with Crippen LogP contribution in [-0.2, 0) is 0 Å². The Bertz CT molecular complexity index is 529. The first-order valence-electron chi connectivity index (χ1n) is 5.34. The molecular formula is C11H11BrF3N3. The number of aromatic nitrogens is 2. The summed E-state index contributed by atoms with van der Waals surface area (Å²) in [4.78, 5) is 8.45. The van der Waals surface area contributed by atoms with Crippen LogP contribution in [0.15, 0.2) is 18.2 Å². The Morgan fingerprint density at radius 1 is 1.39 bits per heavy atom. The van der Waals surface area contributed by atoms with Gasteiger partial charge in [-0.05, 0) is 18.2 Å². The van der Waals surface area contributed by atoms with Gasteiger partial charge in [0.1, 0.15) is 5.82 Å². The highest BCUT2D eigenvalue weighted by Crippen LogP contribution is 2.19. The van der Waals surface area contributed by atoms with Crippen molar-refractivity contribution in [3.8, 4) is 0 Å². The van der Waals surface area contributed by atoms with Crippen LogP contribution in [0.4, 0.5) is 19.1 Å². The molecule has 3 nitrogen and oxygen atoms in total. The van der Waals surface area contributed by atoms with Gasteiger partial charge in [-0.3, -0.25) is 0 Å². The zero-order valence-corrected chi connectivity index (χ0v) is 10.9. The second-order valence-electron chi connectivity index (χ2n) is 3.75. The number of imidazole rings is 1. The highest BCUT2D eigenvalue weighted by Gasteiger charge is 2.15. The summed E-state index contributed by atoms with van der Waals surface area (Å²) < 4.78 is 37.9. The number of hydrogen-bond donors (Lipinski definition) is 1. The smallest absolute Gasteiger partial charge is 0.255 e. The molecule has 2 aromatic rings. The number of hydrogen-bond acceptors (Lipinski definition) is 2. The van der Waals surface area contributed by atoms with Gasteiger partial charge in [-0.2, -0.15) is 0 Å². The molecule has 1 aromatic carbocycles.